The maximum Gasteiger partial charge on any atom is 0.297 e. The summed E-state index contributed by atoms with van der Waals surface area (Å²) >= 11 is 6.34. The van der Waals surface area contributed by atoms with E-state index in [1.165, 1.54) is 16.2 Å². The highest BCUT2D eigenvalue weighted by molar-refractivity contribution is 9.10. The van der Waals surface area contributed by atoms with E-state index in [9.17, 15) is 9.59 Å². The number of hydrogen-bond donors (Lipinski definition) is 0. The molecule has 2 aromatic carbocycles. The SMILES string of the molecule is CSc1ccc(C2c3c(oc4ccc(Br)cc4c3=O)C(=O)N2c2nnc(C)s2)cc1. The summed E-state index contributed by atoms with van der Waals surface area (Å²) < 4.78 is 6.72. The molecule has 1 aliphatic heterocycles. The van der Waals surface area contributed by atoms with Crippen LogP contribution in [-0.4, -0.2) is 22.4 Å². The normalized spacial score (nSPS) is 15.8. The van der Waals surface area contributed by atoms with Crippen molar-refractivity contribution in [3.8, 4) is 0 Å². The van der Waals surface area contributed by atoms with E-state index in [1.807, 2.05) is 37.4 Å². The zero-order chi connectivity index (χ0) is 21.0. The fraction of sp³-hybridized carbons (Fsp3) is 0.143. The maximum absolute atomic E-state index is 13.5. The second kappa shape index (κ2) is 7.33. The molecule has 150 valence electrons. The number of nitrogens with zero attached hydrogens (tertiary/aromatic N) is 3. The Kier molecular flexibility index (Phi) is 4.76. The fourth-order valence-corrected chi connectivity index (χ4v) is 5.11. The number of aromatic nitrogens is 2. The van der Waals surface area contributed by atoms with Gasteiger partial charge in [-0.1, -0.05) is 39.4 Å². The largest absolute Gasteiger partial charge is 0.450 e. The van der Waals surface area contributed by atoms with Crippen LogP contribution in [-0.2, 0) is 0 Å². The summed E-state index contributed by atoms with van der Waals surface area (Å²) in [5, 5.41) is 9.83. The minimum absolute atomic E-state index is 0.0571. The molecule has 0 fully saturated rings. The third-order valence-electron chi connectivity index (χ3n) is 4.99. The van der Waals surface area contributed by atoms with Gasteiger partial charge in [-0.25, -0.2) is 0 Å². The number of hydrogen-bond acceptors (Lipinski definition) is 7. The highest BCUT2D eigenvalue weighted by Crippen LogP contribution is 2.42. The standard InChI is InChI=1S/C21H14BrN3O3S2/c1-10-23-24-21(30-10)25-17(11-3-6-13(29-2)7-4-11)16-18(26)14-9-12(22)5-8-15(14)28-19(16)20(25)27/h3-9,17H,1-2H3. The van der Waals surface area contributed by atoms with Gasteiger partial charge in [-0.2, -0.15) is 0 Å². The lowest BCUT2D eigenvalue weighted by molar-refractivity contribution is 0.0970. The molecule has 0 N–H and O–H groups in total. The maximum atomic E-state index is 13.5. The van der Waals surface area contributed by atoms with Gasteiger partial charge < -0.3 is 4.42 Å². The van der Waals surface area contributed by atoms with Crippen LogP contribution < -0.4 is 10.3 Å². The van der Waals surface area contributed by atoms with Gasteiger partial charge in [0.15, 0.2) is 5.43 Å². The third kappa shape index (κ3) is 3.00. The molecule has 0 saturated carbocycles. The Hall–Kier alpha value is -2.49. The van der Waals surface area contributed by atoms with Crippen LogP contribution in [0.3, 0.4) is 0 Å². The molecule has 30 heavy (non-hydrogen) atoms. The predicted octanol–water partition coefficient (Wildman–Crippen LogP) is 5.19. The van der Waals surface area contributed by atoms with E-state index >= 15 is 0 Å². The van der Waals surface area contributed by atoms with E-state index in [-0.39, 0.29) is 17.1 Å². The van der Waals surface area contributed by atoms with Gasteiger partial charge in [-0.05, 0) is 49.1 Å². The van der Waals surface area contributed by atoms with Crippen molar-refractivity contribution in [2.75, 3.05) is 11.2 Å². The Morgan fingerprint density at radius 2 is 1.90 bits per heavy atom. The molecule has 1 unspecified atom stereocenters. The van der Waals surface area contributed by atoms with Crippen LogP contribution >= 0.6 is 39.0 Å². The second-order valence-electron chi connectivity index (χ2n) is 6.77. The van der Waals surface area contributed by atoms with E-state index in [0.29, 0.717) is 21.7 Å². The van der Waals surface area contributed by atoms with E-state index in [4.69, 9.17) is 4.42 Å². The smallest absolute Gasteiger partial charge is 0.297 e. The van der Waals surface area contributed by atoms with Crippen molar-refractivity contribution < 1.29 is 9.21 Å². The van der Waals surface area contributed by atoms with Gasteiger partial charge in [0.25, 0.3) is 5.91 Å². The van der Waals surface area contributed by atoms with E-state index < -0.39 is 6.04 Å². The molecule has 1 aliphatic rings. The molecule has 0 bridgehead atoms. The van der Waals surface area contributed by atoms with Gasteiger partial charge in [0, 0.05) is 9.37 Å². The minimum atomic E-state index is -0.629. The molecule has 0 radical (unpaired) electrons. The highest BCUT2D eigenvalue weighted by atomic mass is 79.9. The second-order valence-corrected chi connectivity index (χ2v) is 9.72. The summed E-state index contributed by atoms with van der Waals surface area (Å²) in [4.78, 5) is 29.5. The number of aryl methyl sites for hydroxylation is 1. The summed E-state index contributed by atoms with van der Waals surface area (Å²) in [5.41, 5.74) is 1.30. The molecule has 0 spiro atoms. The average molecular weight is 500 g/mol. The Labute approximate surface area is 188 Å². The summed E-state index contributed by atoms with van der Waals surface area (Å²) in [7, 11) is 0. The quantitative estimate of drug-likeness (QED) is 0.361. The molecule has 0 saturated heterocycles. The van der Waals surface area contributed by atoms with Gasteiger partial charge in [-0.15, -0.1) is 22.0 Å². The molecule has 5 rings (SSSR count). The van der Waals surface area contributed by atoms with Crippen molar-refractivity contribution in [2.24, 2.45) is 0 Å². The number of rotatable bonds is 3. The monoisotopic (exact) mass is 499 g/mol. The topological polar surface area (TPSA) is 76.3 Å². The molecular weight excluding hydrogens is 486 g/mol. The number of carbonyl (C=O) groups excluding carboxylic acids is 1. The molecule has 1 amide bonds. The Morgan fingerprint density at radius 3 is 2.57 bits per heavy atom. The predicted molar refractivity (Wildman–Crippen MR) is 122 cm³/mol. The molecule has 2 aromatic heterocycles. The first-order valence-electron chi connectivity index (χ1n) is 9.02. The highest BCUT2D eigenvalue weighted by Gasteiger charge is 2.45. The number of fused-ring (bicyclic) bond motifs is 2. The van der Waals surface area contributed by atoms with Gasteiger partial charge in [-0.3, -0.25) is 14.5 Å². The first-order valence-corrected chi connectivity index (χ1v) is 11.8. The molecule has 1 atom stereocenters. The average Bonchev–Trinajstić information content (AvgIpc) is 3.30. The lowest BCUT2D eigenvalue weighted by Gasteiger charge is -2.22. The Bertz CT molecular complexity index is 1360. The van der Waals surface area contributed by atoms with Crippen LogP contribution in [0.25, 0.3) is 11.0 Å². The van der Waals surface area contributed by atoms with Crippen LogP contribution in [0.15, 0.2) is 61.0 Å². The van der Waals surface area contributed by atoms with Crippen molar-refractivity contribution in [3.63, 3.8) is 0 Å². The third-order valence-corrected chi connectivity index (χ3v) is 7.06. The van der Waals surface area contributed by atoms with E-state index in [2.05, 4.69) is 26.1 Å². The molecule has 6 nitrogen and oxygen atoms in total. The van der Waals surface area contributed by atoms with E-state index in [1.54, 1.807) is 30.0 Å². The van der Waals surface area contributed by atoms with Crippen LogP contribution in [0.1, 0.15) is 32.7 Å². The summed E-state index contributed by atoms with van der Waals surface area (Å²) in [6.45, 7) is 1.83. The van der Waals surface area contributed by atoms with Crippen molar-refractivity contribution in [2.45, 2.75) is 17.9 Å². The molecule has 0 aliphatic carbocycles. The van der Waals surface area contributed by atoms with Crippen molar-refractivity contribution in [1.82, 2.24) is 10.2 Å². The Balaban J connectivity index is 1.80. The minimum Gasteiger partial charge on any atom is -0.450 e. The van der Waals surface area contributed by atoms with Crippen LogP contribution in [0.5, 0.6) is 0 Å². The van der Waals surface area contributed by atoms with Crippen molar-refractivity contribution in [3.05, 3.63) is 79.1 Å². The van der Waals surface area contributed by atoms with Crippen LogP contribution in [0, 0.1) is 6.92 Å². The molecule has 3 heterocycles. The number of benzene rings is 2. The molecular formula is C21H14BrN3O3S2. The van der Waals surface area contributed by atoms with E-state index in [0.717, 1.165) is 19.9 Å². The summed E-state index contributed by atoms with van der Waals surface area (Å²) in [6, 6.07) is 12.4. The zero-order valence-electron chi connectivity index (χ0n) is 15.9. The first-order chi connectivity index (χ1) is 14.5. The lowest BCUT2D eigenvalue weighted by atomic mass is 9.99. The van der Waals surface area contributed by atoms with Crippen LogP contribution in [0.2, 0.25) is 0 Å². The first kappa shape index (κ1) is 19.5. The summed E-state index contributed by atoms with van der Waals surface area (Å²) in [6.07, 6.45) is 2.00. The Morgan fingerprint density at radius 1 is 1.13 bits per heavy atom. The van der Waals surface area contributed by atoms with Crippen LogP contribution in [0.4, 0.5) is 5.13 Å². The van der Waals surface area contributed by atoms with Crippen molar-refractivity contribution in [1.29, 1.82) is 0 Å². The molecule has 9 heteroatoms. The van der Waals surface area contributed by atoms with Crippen molar-refractivity contribution >= 4 is 61.0 Å². The molecule has 4 aromatic rings. The van der Waals surface area contributed by atoms with Gasteiger partial charge in [0.1, 0.15) is 10.6 Å². The number of anilines is 1. The van der Waals surface area contributed by atoms with Gasteiger partial charge in [0.05, 0.1) is 17.0 Å². The summed E-state index contributed by atoms with van der Waals surface area (Å²) in [5.74, 6) is -0.330. The number of amides is 1. The lowest BCUT2D eigenvalue weighted by Crippen LogP contribution is -2.29. The van der Waals surface area contributed by atoms with Gasteiger partial charge in [0.2, 0.25) is 10.9 Å². The van der Waals surface area contributed by atoms with Gasteiger partial charge >= 0.3 is 0 Å². The zero-order valence-corrected chi connectivity index (χ0v) is 19.1. The number of thioether (sulfide) groups is 1. The number of halogens is 1. The fourth-order valence-electron chi connectivity index (χ4n) is 3.63. The number of carbonyl (C=O) groups is 1.